The van der Waals surface area contributed by atoms with Gasteiger partial charge in [0.1, 0.15) is 0 Å². The Morgan fingerprint density at radius 2 is 2.13 bits per heavy atom. The van der Waals surface area contributed by atoms with Gasteiger partial charge in [0.25, 0.3) is 6.43 Å². The van der Waals surface area contributed by atoms with E-state index in [1.165, 1.54) is 0 Å². The lowest BCUT2D eigenvalue weighted by Crippen LogP contribution is -2.29. The maximum absolute atomic E-state index is 12.3. The Morgan fingerprint density at radius 3 is 2.67 bits per heavy atom. The molecule has 0 saturated carbocycles. The Morgan fingerprint density at radius 1 is 1.40 bits per heavy atom. The van der Waals surface area contributed by atoms with Crippen LogP contribution in [0.25, 0.3) is 0 Å². The molecule has 1 rings (SSSR count). The molecule has 0 fully saturated rings. The topological polar surface area (TPSA) is 29.3 Å². The third-order valence-electron chi connectivity index (χ3n) is 2.09. The van der Waals surface area contributed by atoms with Gasteiger partial charge in [-0.25, -0.2) is 8.78 Å². The van der Waals surface area contributed by atoms with Crippen LogP contribution < -0.4 is 10.6 Å². The van der Waals surface area contributed by atoms with Crippen LogP contribution in [0.1, 0.15) is 13.3 Å². The van der Waals surface area contributed by atoms with E-state index in [0.29, 0.717) is 12.2 Å². The summed E-state index contributed by atoms with van der Waals surface area (Å²) < 4.78 is 24.6. The molecule has 0 spiro atoms. The Labute approximate surface area is 88.7 Å². The highest BCUT2D eigenvalue weighted by Crippen LogP contribution is 2.18. The van der Waals surface area contributed by atoms with Crippen LogP contribution in [-0.4, -0.2) is 19.5 Å². The maximum atomic E-state index is 12.3. The zero-order chi connectivity index (χ0) is 11.3. The van der Waals surface area contributed by atoms with E-state index in [0.717, 1.165) is 12.1 Å². The Kier molecular flexibility index (Phi) is 4.34. The molecule has 0 amide bonds. The molecule has 1 aromatic rings. The van der Waals surface area contributed by atoms with E-state index in [1.54, 1.807) is 29.2 Å². The Hall–Kier alpha value is -1.32. The highest BCUT2D eigenvalue weighted by Gasteiger charge is 2.11. The molecule has 84 valence electrons. The zero-order valence-corrected chi connectivity index (χ0v) is 8.79. The molecule has 0 bridgehead atoms. The summed E-state index contributed by atoms with van der Waals surface area (Å²) in [5.74, 6) is 0. The van der Waals surface area contributed by atoms with Crippen molar-refractivity contribution in [2.24, 2.45) is 0 Å². The Balaban J connectivity index is 2.78. The van der Waals surface area contributed by atoms with Gasteiger partial charge in [0, 0.05) is 17.9 Å². The normalized spacial score (nSPS) is 10.7. The smallest absolute Gasteiger partial charge is 0.255 e. The van der Waals surface area contributed by atoms with Crippen LogP contribution in [-0.2, 0) is 0 Å². The fraction of sp³-hybridized carbons (Fsp3) is 0.455. The summed E-state index contributed by atoms with van der Waals surface area (Å²) in [6.07, 6.45) is -1.49. The second-order valence-electron chi connectivity index (χ2n) is 3.43. The van der Waals surface area contributed by atoms with Crippen LogP contribution in [0.15, 0.2) is 24.3 Å². The van der Waals surface area contributed by atoms with Crippen LogP contribution in [0.3, 0.4) is 0 Å². The van der Waals surface area contributed by atoms with E-state index in [1.807, 2.05) is 6.92 Å². The minimum absolute atomic E-state index is 0.239. The standard InChI is InChI=1S/C11H16F2N2/c1-2-6-15(8-11(12)13)10-5-3-4-9(14)7-10/h3-5,7,11H,2,6,8,14H2,1H3. The van der Waals surface area contributed by atoms with Crippen molar-refractivity contribution < 1.29 is 8.78 Å². The van der Waals surface area contributed by atoms with Crippen LogP contribution in [0.5, 0.6) is 0 Å². The quantitative estimate of drug-likeness (QED) is 0.764. The minimum Gasteiger partial charge on any atom is -0.399 e. The van der Waals surface area contributed by atoms with E-state index in [2.05, 4.69) is 0 Å². The molecule has 0 unspecified atom stereocenters. The monoisotopic (exact) mass is 214 g/mol. The maximum Gasteiger partial charge on any atom is 0.255 e. The van der Waals surface area contributed by atoms with Gasteiger partial charge in [0.2, 0.25) is 0 Å². The average molecular weight is 214 g/mol. The van der Waals surface area contributed by atoms with E-state index >= 15 is 0 Å². The van der Waals surface area contributed by atoms with Gasteiger partial charge < -0.3 is 10.6 Å². The number of benzene rings is 1. The van der Waals surface area contributed by atoms with E-state index in [9.17, 15) is 8.78 Å². The summed E-state index contributed by atoms with van der Waals surface area (Å²) >= 11 is 0. The molecule has 0 aromatic heterocycles. The first-order valence-corrected chi connectivity index (χ1v) is 5.02. The van der Waals surface area contributed by atoms with Crippen LogP contribution in [0, 0.1) is 0 Å². The van der Waals surface area contributed by atoms with Gasteiger partial charge in [-0.1, -0.05) is 13.0 Å². The zero-order valence-electron chi connectivity index (χ0n) is 8.79. The number of anilines is 2. The number of hydrogen-bond donors (Lipinski definition) is 1. The summed E-state index contributed by atoms with van der Waals surface area (Å²) in [4.78, 5) is 1.65. The van der Waals surface area contributed by atoms with Gasteiger partial charge in [-0.2, -0.15) is 0 Å². The van der Waals surface area contributed by atoms with Crippen molar-refractivity contribution in [2.45, 2.75) is 19.8 Å². The first kappa shape index (κ1) is 11.8. The van der Waals surface area contributed by atoms with Crippen molar-refractivity contribution in [2.75, 3.05) is 23.7 Å². The van der Waals surface area contributed by atoms with Gasteiger partial charge in [-0.15, -0.1) is 0 Å². The fourth-order valence-corrected chi connectivity index (χ4v) is 1.48. The molecule has 0 saturated heterocycles. The van der Waals surface area contributed by atoms with Crippen LogP contribution in [0.4, 0.5) is 20.2 Å². The first-order valence-electron chi connectivity index (χ1n) is 5.02. The SMILES string of the molecule is CCCN(CC(F)F)c1cccc(N)c1. The summed E-state index contributed by atoms with van der Waals surface area (Å²) in [7, 11) is 0. The summed E-state index contributed by atoms with van der Waals surface area (Å²) in [5, 5.41) is 0. The predicted octanol–water partition coefficient (Wildman–Crippen LogP) is 2.75. The number of nitrogens with zero attached hydrogens (tertiary/aromatic N) is 1. The highest BCUT2D eigenvalue weighted by atomic mass is 19.3. The first-order chi connectivity index (χ1) is 7.13. The molecule has 0 atom stereocenters. The van der Waals surface area contributed by atoms with Gasteiger partial charge in [0.05, 0.1) is 6.54 Å². The number of nitrogens with two attached hydrogens (primary N) is 1. The van der Waals surface area contributed by atoms with Crippen molar-refractivity contribution in [3.63, 3.8) is 0 Å². The predicted molar refractivity (Wildman–Crippen MR) is 59.4 cm³/mol. The van der Waals surface area contributed by atoms with E-state index < -0.39 is 6.43 Å². The third kappa shape index (κ3) is 3.73. The second-order valence-corrected chi connectivity index (χ2v) is 3.43. The highest BCUT2D eigenvalue weighted by molar-refractivity contribution is 5.55. The molecule has 0 heterocycles. The van der Waals surface area contributed by atoms with Crippen molar-refractivity contribution in [1.82, 2.24) is 0 Å². The van der Waals surface area contributed by atoms with Gasteiger partial charge in [-0.3, -0.25) is 0 Å². The lowest BCUT2D eigenvalue weighted by molar-refractivity contribution is 0.155. The summed E-state index contributed by atoms with van der Waals surface area (Å²) in [5.41, 5.74) is 6.97. The van der Waals surface area contributed by atoms with Crippen molar-refractivity contribution in [3.05, 3.63) is 24.3 Å². The molecule has 0 aliphatic heterocycles. The number of hydrogen-bond acceptors (Lipinski definition) is 2. The molecular formula is C11H16F2N2. The third-order valence-corrected chi connectivity index (χ3v) is 2.09. The minimum atomic E-state index is -2.32. The van der Waals surface area contributed by atoms with Crippen LogP contribution >= 0.6 is 0 Å². The van der Waals surface area contributed by atoms with Crippen molar-refractivity contribution in [3.8, 4) is 0 Å². The lowest BCUT2D eigenvalue weighted by Gasteiger charge is -2.24. The number of rotatable bonds is 5. The van der Waals surface area contributed by atoms with Gasteiger partial charge in [0.15, 0.2) is 0 Å². The largest absolute Gasteiger partial charge is 0.399 e. The molecule has 15 heavy (non-hydrogen) atoms. The van der Waals surface area contributed by atoms with Crippen LogP contribution in [0.2, 0.25) is 0 Å². The van der Waals surface area contributed by atoms with Crippen molar-refractivity contribution >= 4 is 11.4 Å². The second kappa shape index (κ2) is 5.53. The fourth-order valence-electron chi connectivity index (χ4n) is 1.48. The summed E-state index contributed by atoms with van der Waals surface area (Å²) in [6, 6.07) is 7.04. The van der Waals surface area contributed by atoms with Crippen molar-refractivity contribution in [1.29, 1.82) is 0 Å². The molecule has 2 nitrogen and oxygen atoms in total. The number of alkyl halides is 2. The van der Waals surface area contributed by atoms with Gasteiger partial charge in [-0.05, 0) is 24.6 Å². The lowest BCUT2D eigenvalue weighted by atomic mass is 10.2. The molecular weight excluding hydrogens is 198 g/mol. The molecule has 4 heteroatoms. The van der Waals surface area contributed by atoms with E-state index in [4.69, 9.17) is 5.73 Å². The average Bonchev–Trinajstić information content (AvgIpc) is 2.16. The number of nitrogen functional groups attached to an aromatic ring is 1. The van der Waals surface area contributed by atoms with Gasteiger partial charge >= 0.3 is 0 Å². The Bertz CT molecular complexity index is 302. The molecule has 0 aliphatic rings. The molecule has 0 radical (unpaired) electrons. The van der Waals surface area contributed by atoms with E-state index in [-0.39, 0.29) is 6.54 Å². The summed E-state index contributed by atoms with van der Waals surface area (Å²) in [6.45, 7) is 2.34. The number of halogens is 2. The molecule has 0 aliphatic carbocycles. The molecule has 1 aromatic carbocycles. The molecule has 2 N–H and O–H groups in total.